The van der Waals surface area contributed by atoms with Gasteiger partial charge in [-0.3, -0.25) is 0 Å². The highest BCUT2D eigenvalue weighted by Gasteiger charge is 2.21. The molecular weight excluding hydrogens is 315 g/mol. The molecule has 0 aliphatic heterocycles. The molecule has 0 saturated carbocycles. The Balaban J connectivity index is 2.43. The van der Waals surface area contributed by atoms with E-state index < -0.39 is 0 Å². The van der Waals surface area contributed by atoms with E-state index in [4.69, 9.17) is 32.7 Å². The number of hydrogen-bond acceptors (Lipinski definition) is 3. The third-order valence-electron chi connectivity index (χ3n) is 3.07. The van der Waals surface area contributed by atoms with E-state index >= 15 is 0 Å². The predicted octanol–water partition coefficient (Wildman–Crippen LogP) is 5.31. The summed E-state index contributed by atoms with van der Waals surface area (Å²) in [5.41, 5.74) is 0.851. The molecule has 1 unspecified atom stereocenters. The van der Waals surface area contributed by atoms with Crippen molar-refractivity contribution < 1.29 is 9.47 Å². The Hall–Kier alpha value is -0.900. The van der Waals surface area contributed by atoms with E-state index in [1.54, 1.807) is 25.6 Å². The summed E-state index contributed by atoms with van der Waals surface area (Å²) in [4.78, 5) is 2.40. The van der Waals surface area contributed by atoms with E-state index in [0.29, 0.717) is 16.5 Å². The summed E-state index contributed by atoms with van der Waals surface area (Å²) in [6.07, 6.45) is 1.01. The van der Waals surface area contributed by atoms with Gasteiger partial charge in [0, 0.05) is 15.3 Å². The van der Waals surface area contributed by atoms with Crippen molar-refractivity contribution in [3.63, 3.8) is 0 Å². The van der Waals surface area contributed by atoms with Crippen LogP contribution >= 0.6 is 34.5 Å². The lowest BCUT2D eigenvalue weighted by Crippen LogP contribution is -1.98. The molecule has 1 heterocycles. The molecule has 0 aliphatic rings. The highest BCUT2D eigenvalue weighted by atomic mass is 35.5. The van der Waals surface area contributed by atoms with Gasteiger partial charge in [0.25, 0.3) is 0 Å². The van der Waals surface area contributed by atoms with Gasteiger partial charge in [0.1, 0.15) is 16.5 Å². The number of thiophene rings is 1. The Bertz CT molecular complexity index is 596. The number of rotatable bonds is 5. The number of halogens is 2. The molecule has 20 heavy (non-hydrogen) atoms. The lowest BCUT2D eigenvalue weighted by atomic mass is 10.1. The van der Waals surface area contributed by atoms with E-state index in [0.717, 1.165) is 16.9 Å². The summed E-state index contributed by atoms with van der Waals surface area (Å²) in [5.74, 6) is 1.15. The molecule has 2 aromatic rings. The van der Waals surface area contributed by atoms with Gasteiger partial charge in [-0.15, -0.1) is 22.9 Å². The second-order valence-corrected chi connectivity index (χ2v) is 6.24. The standard InChI is InChI=1S/C15H16Cl2O2S/c1-4-9-5-8-12(20-9)13(16)10-6-7-11(18-2)14(17)15(10)19-3/h5-8,13H,4H2,1-3H3. The van der Waals surface area contributed by atoms with Crippen molar-refractivity contribution in [3.05, 3.63) is 44.6 Å². The van der Waals surface area contributed by atoms with Crippen LogP contribution in [0.25, 0.3) is 0 Å². The molecule has 0 saturated heterocycles. The normalized spacial score (nSPS) is 12.2. The lowest BCUT2D eigenvalue weighted by Gasteiger charge is -2.16. The molecule has 2 rings (SSSR count). The number of ether oxygens (including phenoxy) is 2. The smallest absolute Gasteiger partial charge is 0.146 e. The average Bonchev–Trinajstić information content (AvgIpc) is 2.95. The van der Waals surface area contributed by atoms with Crippen LogP contribution in [0.3, 0.4) is 0 Å². The molecule has 0 amide bonds. The first-order valence-corrected chi connectivity index (χ1v) is 7.88. The topological polar surface area (TPSA) is 18.5 Å². The Kier molecular flexibility index (Phi) is 5.19. The minimum atomic E-state index is -0.279. The van der Waals surface area contributed by atoms with Crippen LogP contribution in [0, 0.1) is 0 Å². The largest absolute Gasteiger partial charge is 0.495 e. The Morgan fingerprint density at radius 2 is 1.90 bits per heavy atom. The van der Waals surface area contributed by atoms with Gasteiger partial charge in [-0.2, -0.15) is 0 Å². The Labute approximate surface area is 133 Å². The van der Waals surface area contributed by atoms with E-state index in [1.807, 2.05) is 12.1 Å². The molecular formula is C15H16Cl2O2S. The molecule has 0 spiro atoms. The monoisotopic (exact) mass is 330 g/mol. The number of alkyl halides is 1. The zero-order valence-corrected chi connectivity index (χ0v) is 13.9. The summed E-state index contributed by atoms with van der Waals surface area (Å²) in [7, 11) is 3.16. The highest BCUT2D eigenvalue weighted by Crippen LogP contribution is 2.44. The molecule has 0 fully saturated rings. The van der Waals surface area contributed by atoms with E-state index in [1.165, 1.54) is 4.88 Å². The molecule has 108 valence electrons. The molecule has 0 bridgehead atoms. The van der Waals surface area contributed by atoms with Crippen LogP contribution in [0.5, 0.6) is 11.5 Å². The molecule has 0 aliphatic carbocycles. The van der Waals surface area contributed by atoms with Crippen molar-refractivity contribution in [2.45, 2.75) is 18.7 Å². The first kappa shape index (κ1) is 15.5. The average molecular weight is 331 g/mol. The summed E-state index contributed by atoms with van der Waals surface area (Å²) >= 11 is 14.6. The molecule has 2 nitrogen and oxygen atoms in total. The number of benzene rings is 1. The fraction of sp³-hybridized carbons (Fsp3) is 0.333. The fourth-order valence-corrected chi connectivity index (χ4v) is 3.65. The molecule has 0 N–H and O–H groups in total. The van der Waals surface area contributed by atoms with Crippen LogP contribution in [0.4, 0.5) is 0 Å². The van der Waals surface area contributed by atoms with Crippen LogP contribution < -0.4 is 9.47 Å². The number of aryl methyl sites for hydroxylation is 1. The van der Waals surface area contributed by atoms with Gasteiger partial charge in [-0.05, 0) is 30.7 Å². The first-order chi connectivity index (χ1) is 9.62. The Morgan fingerprint density at radius 1 is 1.15 bits per heavy atom. The number of methoxy groups -OCH3 is 2. The maximum absolute atomic E-state index is 6.58. The van der Waals surface area contributed by atoms with E-state index in [-0.39, 0.29) is 5.38 Å². The predicted molar refractivity (Wildman–Crippen MR) is 85.9 cm³/mol. The zero-order chi connectivity index (χ0) is 14.7. The number of hydrogen-bond donors (Lipinski definition) is 0. The summed E-state index contributed by atoms with van der Waals surface area (Å²) in [6.45, 7) is 2.13. The maximum Gasteiger partial charge on any atom is 0.146 e. The quantitative estimate of drug-likeness (QED) is 0.691. The molecule has 1 atom stereocenters. The van der Waals surface area contributed by atoms with Gasteiger partial charge in [0.05, 0.1) is 19.6 Å². The van der Waals surface area contributed by atoms with Crippen LogP contribution in [0.1, 0.15) is 27.6 Å². The minimum absolute atomic E-state index is 0.279. The third kappa shape index (κ3) is 2.90. The maximum atomic E-state index is 6.58. The van der Waals surface area contributed by atoms with E-state index in [9.17, 15) is 0 Å². The SMILES string of the molecule is CCc1ccc(C(Cl)c2ccc(OC)c(Cl)c2OC)s1. The van der Waals surface area contributed by atoms with Crippen molar-refractivity contribution in [1.82, 2.24) is 0 Å². The van der Waals surface area contributed by atoms with Crippen molar-refractivity contribution in [2.75, 3.05) is 14.2 Å². The van der Waals surface area contributed by atoms with E-state index in [2.05, 4.69) is 19.1 Å². The van der Waals surface area contributed by atoms with Crippen molar-refractivity contribution in [2.24, 2.45) is 0 Å². The second-order valence-electron chi connectivity index (χ2n) is 4.22. The van der Waals surface area contributed by atoms with Crippen LogP contribution in [-0.2, 0) is 6.42 Å². The molecule has 1 aromatic heterocycles. The van der Waals surface area contributed by atoms with Gasteiger partial charge in [-0.25, -0.2) is 0 Å². The Morgan fingerprint density at radius 3 is 2.45 bits per heavy atom. The van der Waals surface area contributed by atoms with Crippen molar-refractivity contribution in [3.8, 4) is 11.5 Å². The van der Waals surface area contributed by atoms with Gasteiger partial charge >= 0.3 is 0 Å². The van der Waals surface area contributed by atoms with Gasteiger partial charge < -0.3 is 9.47 Å². The molecule has 0 radical (unpaired) electrons. The second kappa shape index (κ2) is 6.70. The molecule has 1 aromatic carbocycles. The fourth-order valence-electron chi connectivity index (χ4n) is 1.99. The zero-order valence-electron chi connectivity index (χ0n) is 11.6. The third-order valence-corrected chi connectivity index (χ3v) is 5.32. The van der Waals surface area contributed by atoms with Gasteiger partial charge in [-0.1, -0.05) is 18.5 Å². The van der Waals surface area contributed by atoms with Crippen molar-refractivity contribution in [1.29, 1.82) is 0 Å². The van der Waals surface area contributed by atoms with Crippen LogP contribution in [0.15, 0.2) is 24.3 Å². The first-order valence-electron chi connectivity index (χ1n) is 6.25. The van der Waals surface area contributed by atoms with Crippen molar-refractivity contribution >= 4 is 34.5 Å². The van der Waals surface area contributed by atoms with Crippen LogP contribution in [-0.4, -0.2) is 14.2 Å². The minimum Gasteiger partial charge on any atom is -0.495 e. The molecule has 5 heteroatoms. The summed E-state index contributed by atoms with van der Waals surface area (Å²) < 4.78 is 10.6. The van der Waals surface area contributed by atoms with Crippen LogP contribution in [0.2, 0.25) is 5.02 Å². The lowest BCUT2D eigenvalue weighted by molar-refractivity contribution is 0.392. The summed E-state index contributed by atoms with van der Waals surface area (Å²) in [6, 6.07) is 7.86. The van der Waals surface area contributed by atoms with Gasteiger partial charge in [0.2, 0.25) is 0 Å². The highest BCUT2D eigenvalue weighted by molar-refractivity contribution is 7.12. The van der Waals surface area contributed by atoms with Gasteiger partial charge in [0.15, 0.2) is 0 Å². The summed E-state index contributed by atoms with van der Waals surface area (Å²) in [5, 5.41) is 0.170.